The van der Waals surface area contributed by atoms with E-state index in [0.717, 1.165) is 16.5 Å². The van der Waals surface area contributed by atoms with Crippen LogP contribution in [0.4, 0.5) is 0 Å². The lowest BCUT2D eigenvalue weighted by Gasteiger charge is -2.25. The first-order valence-corrected chi connectivity index (χ1v) is 15.3. The normalized spacial score (nSPS) is 13.8. The van der Waals surface area contributed by atoms with Crippen LogP contribution in [0.25, 0.3) is 10.9 Å². The number of phenols is 1. The molecule has 4 unspecified atom stereocenters. The van der Waals surface area contributed by atoms with Crippen molar-refractivity contribution >= 4 is 34.6 Å². The van der Waals surface area contributed by atoms with Crippen molar-refractivity contribution in [1.29, 1.82) is 0 Å². The summed E-state index contributed by atoms with van der Waals surface area (Å²) in [6, 6.07) is 9.49. The largest absolute Gasteiger partial charge is 0.508 e. The van der Waals surface area contributed by atoms with Gasteiger partial charge in [-0.2, -0.15) is 0 Å². The van der Waals surface area contributed by atoms with Crippen molar-refractivity contribution in [3.05, 3.63) is 65.9 Å². The number of amides is 3. The molecule has 12 N–H and O–H groups in total. The molecule has 0 aliphatic carbocycles. The van der Waals surface area contributed by atoms with E-state index in [4.69, 9.17) is 17.2 Å². The first-order valence-electron chi connectivity index (χ1n) is 15.3. The number of carboxylic acids is 1. The zero-order valence-electron chi connectivity index (χ0n) is 25.3. The second-order valence-electron chi connectivity index (χ2n) is 11.1. The van der Waals surface area contributed by atoms with Crippen molar-refractivity contribution < 1.29 is 29.4 Å². The summed E-state index contributed by atoms with van der Waals surface area (Å²) in [5.41, 5.74) is 19.9. The lowest BCUT2D eigenvalue weighted by atomic mass is 10.0. The van der Waals surface area contributed by atoms with Gasteiger partial charge >= 0.3 is 5.97 Å². The van der Waals surface area contributed by atoms with Crippen LogP contribution in [0.2, 0.25) is 0 Å². The maximum atomic E-state index is 13.7. The van der Waals surface area contributed by atoms with Crippen LogP contribution in [0.5, 0.6) is 5.75 Å². The van der Waals surface area contributed by atoms with E-state index in [1.54, 1.807) is 18.3 Å². The number of nitrogens with two attached hydrogens (primary N) is 3. The Morgan fingerprint density at radius 3 is 1.96 bits per heavy atom. The summed E-state index contributed by atoms with van der Waals surface area (Å²) in [6.45, 7) is 0.782. The van der Waals surface area contributed by atoms with Gasteiger partial charge in [-0.1, -0.05) is 30.3 Å². The summed E-state index contributed by atoms with van der Waals surface area (Å²) in [6.07, 6.45) is 4.68. The zero-order valence-corrected chi connectivity index (χ0v) is 25.3. The second-order valence-corrected chi connectivity index (χ2v) is 11.1. The Hall–Kier alpha value is -4.46. The minimum Gasteiger partial charge on any atom is -0.508 e. The number of carboxylic acid groups (broad SMARTS) is 1. The average molecular weight is 624 g/mol. The number of unbranched alkanes of at least 4 members (excludes halogenated alkanes) is 2. The van der Waals surface area contributed by atoms with Gasteiger partial charge in [0, 0.05) is 23.5 Å². The van der Waals surface area contributed by atoms with Gasteiger partial charge in [-0.15, -0.1) is 0 Å². The number of benzene rings is 2. The third kappa shape index (κ3) is 10.9. The van der Waals surface area contributed by atoms with E-state index in [1.165, 1.54) is 12.1 Å². The van der Waals surface area contributed by atoms with E-state index in [2.05, 4.69) is 20.9 Å². The summed E-state index contributed by atoms with van der Waals surface area (Å²) in [5.74, 6) is -2.99. The number of nitrogens with one attached hydrogen (secondary N) is 4. The Morgan fingerprint density at radius 2 is 1.31 bits per heavy atom. The topological polar surface area (TPSA) is 239 Å². The number of rotatable bonds is 19. The number of aromatic amines is 1. The molecule has 0 aliphatic rings. The van der Waals surface area contributed by atoms with Gasteiger partial charge in [0.1, 0.15) is 23.9 Å². The number of hydrogen-bond donors (Lipinski definition) is 9. The quantitative estimate of drug-likeness (QED) is 0.0856. The molecular weight excluding hydrogens is 578 g/mol. The van der Waals surface area contributed by atoms with Crippen LogP contribution in [0.3, 0.4) is 0 Å². The summed E-state index contributed by atoms with van der Waals surface area (Å²) in [7, 11) is 0. The van der Waals surface area contributed by atoms with Crippen LogP contribution in [-0.4, -0.2) is 76.1 Å². The number of aliphatic carboxylic acids is 1. The van der Waals surface area contributed by atoms with Gasteiger partial charge in [0.05, 0.1) is 6.04 Å². The smallest absolute Gasteiger partial charge is 0.326 e. The number of H-pyrrole nitrogens is 1. The fourth-order valence-corrected chi connectivity index (χ4v) is 5.04. The first-order chi connectivity index (χ1) is 21.6. The van der Waals surface area contributed by atoms with Crippen LogP contribution >= 0.6 is 0 Å². The Bertz CT molecular complexity index is 1410. The highest BCUT2D eigenvalue weighted by Gasteiger charge is 2.30. The third-order valence-electron chi connectivity index (χ3n) is 7.60. The molecule has 2 aromatic carbocycles. The Kier molecular flexibility index (Phi) is 13.8. The summed E-state index contributed by atoms with van der Waals surface area (Å²) in [4.78, 5) is 55.2. The second kappa shape index (κ2) is 17.7. The van der Waals surface area contributed by atoms with E-state index in [-0.39, 0.29) is 31.4 Å². The number of aromatic hydroxyl groups is 1. The molecule has 45 heavy (non-hydrogen) atoms. The SMILES string of the molecule is NCCCCC(NC(=O)C(CCCCN)NC(=O)C(Cc1ccc(O)cc1)NC(=O)C(N)Cc1c[nH]c2ccccc12)C(=O)O. The van der Waals surface area contributed by atoms with Gasteiger partial charge in [-0.05, 0) is 87.4 Å². The Labute approximate surface area is 262 Å². The monoisotopic (exact) mass is 623 g/mol. The molecule has 0 bridgehead atoms. The predicted octanol–water partition coefficient (Wildman–Crippen LogP) is 0.783. The van der Waals surface area contributed by atoms with E-state index in [9.17, 15) is 29.4 Å². The zero-order chi connectivity index (χ0) is 32.8. The molecule has 13 heteroatoms. The van der Waals surface area contributed by atoms with Crippen LogP contribution in [-0.2, 0) is 32.0 Å². The van der Waals surface area contributed by atoms with Gasteiger partial charge in [0.25, 0.3) is 0 Å². The number of carbonyl (C=O) groups excluding carboxylic acids is 3. The van der Waals surface area contributed by atoms with E-state index in [0.29, 0.717) is 44.3 Å². The molecule has 3 rings (SSSR count). The Balaban J connectivity index is 1.77. The molecule has 3 amide bonds. The molecule has 1 heterocycles. The standard InChI is InChI=1S/C32H45N7O6/c33-15-5-3-9-26(30(42)38-27(32(44)45)10-4-6-16-34)37-31(43)28(17-20-11-13-22(40)14-12-20)39-29(41)24(35)18-21-19-36-25-8-2-1-7-23(21)25/h1-2,7-8,11-14,19,24,26-28,36,40H,3-6,9-10,15-18,33-35H2,(H,37,43)(H,38,42)(H,39,41)(H,44,45). The molecule has 0 aliphatic heterocycles. The first kappa shape index (κ1) is 35.0. The van der Waals surface area contributed by atoms with Crippen molar-refractivity contribution in [1.82, 2.24) is 20.9 Å². The van der Waals surface area contributed by atoms with Gasteiger partial charge in [0.15, 0.2) is 0 Å². The van der Waals surface area contributed by atoms with E-state index in [1.807, 2.05) is 24.3 Å². The Morgan fingerprint density at radius 1 is 0.733 bits per heavy atom. The van der Waals surface area contributed by atoms with Crippen molar-refractivity contribution in [2.45, 2.75) is 75.5 Å². The number of phenolic OH excluding ortho intramolecular Hbond substituents is 1. The molecule has 4 atom stereocenters. The summed E-state index contributed by atoms with van der Waals surface area (Å²) in [5, 5.41) is 28.3. The average Bonchev–Trinajstić information content (AvgIpc) is 3.43. The number of para-hydroxylation sites is 1. The molecular formula is C32H45N7O6. The van der Waals surface area contributed by atoms with Gasteiger partial charge in [-0.25, -0.2) is 4.79 Å². The highest BCUT2D eigenvalue weighted by molar-refractivity contribution is 5.94. The molecule has 0 saturated carbocycles. The van der Waals surface area contributed by atoms with Crippen LogP contribution in [0, 0.1) is 0 Å². The molecule has 244 valence electrons. The highest BCUT2D eigenvalue weighted by atomic mass is 16.4. The van der Waals surface area contributed by atoms with Crippen molar-refractivity contribution in [3.63, 3.8) is 0 Å². The third-order valence-corrected chi connectivity index (χ3v) is 7.60. The van der Waals surface area contributed by atoms with Crippen molar-refractivity contribution in [3.8, 4) is 5.75 Å². The number of carbonyl (C=O) groups is 4. The molecule has 0 fully saturated rings. The van der Waals surface area contributed by atoms with E-state index >= 15 is 0 Å². The van der Waals surface area contributed by atoms with Crippen molar-refractivity contribution in [2.24, 2.45) is 17.2 Å². The van der Waals surface area contributed by atoms with Crippen LogP contribution in [0.1, 0.15) is 49.7 Å². The minimum absolute atomic E-state index is 0.0422. The molecule has 3 aromatic rings. The fraction of sp³-hybridized carbons (Fsp3) is 0.438. The number of aromatic nitrogens is 1. The maximum Gasteiger partial charge on any atom is 0.326 e. The number of fused-ring (bicyclic) bond motifs is 1. The molecule has 13 nitrogen and oxygen atoms in total. The lowest BCUT2D eigenvalue weighted by Crippen LogP contribution is -2.57. The molecule has 1 aromatic heterocycles. The maximum absolute atomic E-state index is 13.7. The minimum atomic E-state index is -1.19. The number of hydrogen-bond acceptors (Lipinski definition) is 8. The lowest BCUT2D eigenvalue weighted by molar-refractivity contribution is -0.142. The van der Waals surface area contributed by atoms with Gasteiger partial charge < -0.3 is 48.3 Å². The predicted molar refractivity (Wildman–Crippen MR) is 171 cm³/mol. The highest BCUT2D eigenvalue weighted by Crippen LogP contribution is 2.19. The van der Waals surface area contributed by atoms with Gasteiger partial charge in [-0.3, -0.25) is 14.4 Å². The van der Waals surface area contributed by atoms with Crippen LogP contribution in [0.15, 0.2) is 54.7 Å². The fourth-order valence-electron chi connectivity index (χ4n) is 5.04. The molecule has 0 radical (unpaired) electrons. The summed E-state index contributed by atoms with van der Waals surface area (Å²) < 4.78 is 0. The van der Waals surface area contributed by atoms with Crippen LogP contribution < -0.4 is 33.2 Å². The molecule has 0 saturated heterocycles. The molecule has 0 spiro atoms. The summed E-state index contributed by atoms with van der Waals surface area (Å²) >= 11 is 0. The van der Waals surface area contributed by atoms with E-state index < -0.39 is 47.9 Å². The van der Waals surface area contributed by atoms with Gasteiger partial charge in [0.2, 0.25) is 17.7 Å². The van der Waals surface area contributed by atoms with Crippen molar-refractivity contribution in [2.75, 3.05) is 13.1 Å².